The monoisotopic (exact) mass is 427 g/mol. The van der Waals surface area contributed by atoms with Crippen molar-refractivity contribution in [2.24, 2.45) is 5.73 Å². The molecule has 2 aromatic carbocycles. The van der Waals surface area contributed by atoms with Crippen molar-refractivity contribution in [3.63, 3.8) is 0 Å². The summed E-state index contributed by atoms with van der Waals surface area (Å²) in [6.07, 6.45) is 6.81. The van der Waals surface area contributed by atoms with Gasteiger partial charge in [0.15, 0.2) is 0 Å². The van der Waals surface area contributed by atoms with E-state index in [1.807, 2.05) is 42.5 Å². The van der Waals surface area contributed by atoms with Crippen molar-refractivity contribution in [3.8, 4) is 11.1 Å². The number of anilines is 1. The lowest BCUT2D eigenvalue weighted by atomic mass is 9.98. The zero-order chi connectivity index (χ0) is 22.5. The lowest BCUT2D eigenvalue weighted by Gasteiger charge is -2.29. The highest BCUT2D eigenvalue weighted by Crippen LogP contribution is 2.25. The van der Waals surface area contributed by atoms with Crippen LogP contribution in [-0.2, 0) is 6.54 Å². The number of rotatable bonds is 6. The second-order valence-corrected chi connectivity index (χ2v) is 8.27. The number of pyridine rings is 1. The van der Waals surface area contributed by atoms with E-state index in [2.05, 4.69) is 22.0 Å². The number of aromatic nitrogens is 1. The quantitative estimate of drug-likeness (QED) is 0.354. The summed E-state index contributed by atoms with van der Waals surface area (Å²) in [6.45, 7) is 2.65. The molecule has 0 aliphatic carbocycles. The molecule has 6 N–H and O–H groups in total. The summed E-state index contributed by atoms with van der Waals surface area (Å²) in [5.74, 6) is 0. The topological polar surface area (TPSA) is 112 Å². The molecule has 0 spiro atoms. The number of hydrogen-bond donors (Lipinski definition) is 4. The number of aliphatic hydroxyl groups excluding tert-OH is 1. The van der Waals surface area contributed by atoms with Gasteiger partial charge in [-0.3, -0.25) is 15.3 Å². The fourth-order valence-corrected chi connectivity index (χ4v) is 4.01. The number of nitrogens with two attached hydrogens (primary N) is 2. The first-order valence-corrected chi connectivity index (χ1v) is 10.9. The molecule has 2 heterocycles. The number of nitrogens with zero attached hydrogens (tertiary/aromatic N) is 2. The first-order chi connectivity index (χ1) is 15.5. The van der Waals surface area contributed by atoms with Crippen LogP contribution >= 0.6 is 0 Å². The Labute approximate surface area is 188 Å². The van der Waals surface area contributed by atoms with Crippen LogP contribution in [0.3, 0.4) is 0 Å². The number of nitrogens with one attached hydrogen (secondary N) is 1. The second-order valence-electron chi connectivity index (χ2n) is 8.27. The van der Waals surface area contributed by atoms with Crippen LogP contribution in [-0.4, -0.2) is 39.9 Å². The van der Waals surface area contributed by atoms with Gasteiger partial charge < -0.3 is 16.6 Å². The minimum absolute atomic E-state index is 0.171. The summed E-state index contributed by atoms with van der Waals surface area (Å²) in [7, 11) is 0. The second kappa shape index (κ2) is 9.77. The van der Waals surface area contributed by atoms with Crippen LogP contribution in [0.15, 0.2) is 72.7 Å². The van der Waals surface area contributed by atoms with E-state index in [4.69, 9.17) is 16.9 Å². The smallest absolute Gasteiger partial charge is 0.0862 e. The van der Waals surface area contributed by atoms with Gasteiger partial charge in [0.1, 0.15) is 0 Å². The van der Waals surface area contributed by atoms with Gasteiger partial charge in [-0.25, -0.2) is 0 Å². The third-order valence-corrected chi connectivity index (χ3v) is 5.84. The lowest BCUT2D eigenvalue weighted by Crippen LogP contribution is -2.35. The molecule has 1 aliphatic rings. The predicted molar refractivity (Wildman–Crippen MR) is 130 cm³/mol. The van der Waals surface area contributed by atoms with Gasteiger partial charge in [0.2, 0.25) is 0 Å². The summed E-state index contributed by atoms with van der Waals surface area (Å²) in [5, 5.41) is 18.3. The van der Waals surface area contributed by atoms with Crippen LogP contribution in [0.4, 0.5) is 5.69 Å². The van der Waals surface area contributed by atoms with E-state index in [1.165, 1.54) is 5.56 Å². The van der Waals surface area contributed by atoms with Crippen LogP contribution in [0.2, 0.25) is 0 Å². The van der Waals surface area contributed by atoms with E-state index in [9.17, 15) is 5.11 Å². The molecule has 3 aromatic rings. The van der Waals surface area contributed by atoms with Crippen molar-refractivity contribution in [3.05, 3.63) is 89.4 Å². The molecule has 1 fully saturated rings. The van der Waals surface area contributed by atoms with E-state index in [0.717, 1.165) is 49.2 Å². The molecule has 0 radical (unpaired) electrons. The van der Waals surface area contributed by atoms with E-state index in [1.54, 1.807) is 18.5 Å². The minimum Gasteiger partial charge on any atom is -0.398 e. The minimum atomic E-state index is -0.171. The Morgan fingerprint density at radius 2 is 1.91 bits per heavy atom. The third-order valence-electron chi connectivity index (χ3n) is 5.84. The molecule has 0 atom stereocenters. The zero-order valence-electron chi connectivity index (χ0n) is 18.0. The molecule has 6 nitrogen and oxygen atoms in total. The van der Waals surface area contributed by atoms with Gasteiger partial charge in [0.25, 0.3) is 0 Å². The number of aliphatic hydroxyl groups is 1. The number of likely N-dealkylation sites (tertiary alicyclic amines) is 1. The predicted octanol–water partition coefficient (Wildman–Crippen LogP) is 3.66. The number of hydrogen-bond acceptors (Lipinski definition) is 6. The van der Waals surface area contributed by atoms with Crippen molar-refractivity contribution >= 4 is 17.5 Å². The van der Waals surface area contributed by atoms with Gasteiger partial charge in [0, 0.05) is 48.8 Å². The van der Waals surface area contributed by atoms with Crippen molar-refractivity contribution in [1.82, 2.24) is 9.88 Å². The van der Waals surface area contributed by atoms with Crippen LogP contribution < -0.4 is 11.5 Å². The summed E-state index contributed by atoms with van der Waals surface area (Å²) in [4.78, 5) is 6.52. The summed E-state index contributed by atoms with van der Waals surface area (Å²) < 4.78 is 0. The van der Waals surface area contributed by atoms with E-state index in [-0.39, 0.29) is 11.8 Å². The van der Waals surface area contributed by atoms with Crippen molar-refractivity contribution < 1.29 is 5.11 Å². The highest BCUT2D eigenvalue weighted by Gasteiger charge is 2.17. The average Bonchev–Trinajstić information content (AvgIpc) is 2.81. The number of benzene rings is 2. The molecular formula is C26H29N5O. The van der Waals surface area contributed by atoms with Crippen molar-refractivity contribution in [2.45, 2.75) is 25.5 Å². The molecule has 0 saturated carbocycles. The highest BCUT2D eigenvalue weighted by atomic mass is 16.3. The Morgan fingerprint density at radius 3 is 2.66 bits per heavy atom. The van der Waals surface area contributed by atoms with Crippen LogP contribution in [0, 0.1) is 5.41 Å². The number of allylic oxidation sites excluding steroid dienone is 1. The standard InChI is InChI=1S/C26H29N5O/c27-24-7-6-20(21-5-2-10-30-16-21)15-23(24)26(29)25(28)14-18-3-1-4-19(13-18)17-31-11-8-22(32)9-12-31/h1-7,10,13-16,22,29,32H,8-9,11-12,17,27-28H2/b25-14-,29-26?. The molecule has 32 heavy (non-hydrogen) atoms. The molecule has 1 aromatic heterocycles. The molecule has 0 bridgehead atoms. The van der Waals surface area contributed by atoms with Gasteiger partial charge in [-0.15, -0.1) is 0 Å². The third kappa shape index (κ3) is 5.22. The normalized spacial score (nSPS) is 15.6. The Hall–Kier alpha value is -3.48. The Kier molecular flexibility index (Phi) is 6.63. The molecule has 1 saturated heterocycles. The van der Waals surface area contributed by atoms with Gasteiger partial charge >= 0.3 is 0 Å². The fourth-order valence-electron chi connectivity index (χ4n) is 4.01. The van der Waals surface area contributed by atoms with Crippen molar-refractivity contribution in [2.75, 3.05) is 18.8 Å². The molecule has 6 heteroatoms. The maximum absolute atomic E-state index is 9.70. The maximum atomic E-state index is 9.70. The first-order valence-electron chi connectivity index (χ1n) is 10.9. The lowest BCUT2D eigenvalue weighted by molar-refractivity contribution is 0.0792. The molecule has 0 amide bonds. The van der Waals surface area contributed by atoms with E-state index < -0.39 is 0 Å². The number of nitrogen functional groups attached to an aromatic ring is 1. The van der Waals surface area contributed by atoms with E-state index in [0.29, 0.717) is 16.9 Å². The Bertz CT molecular complexity index is 1120. The molecule has 1 aliphatic heterocycles. The largest absolute Gasteiger partial charge is 0.398 e. The molecular weight excluding hydrogens is 398 g/mol. The Morgan fingerprint density at radius 1 is 1.09 bits per heavy atom. The maximum Gasteiger partial charge on any atom is 0.0862 e. The molecule has 164 valence electrons. The van der Waals surface area contributed by atoms with Gasteiger partial charge in [-0.2, -0.15) is 0 Å². The zero-order valence-corrected chi connectivity index (χ0v) is 18.0. The SMILES string of the molecule is N=C(/C(N)=C/c1cccc(CN2CCC(O)CC2)c1)c1cc(-c2cccnc2)ccc1N. The highest BCUT2D eigenvalue weighted by molar-refractivity contribution is 6.15. The summed E-state index contributed by atoms with van der Waals surface area (Å²) in [5.41, 5.74) is 18.2. The van der Waals surface area contributed by atoms with Gasteiger partial charge in [-0.05, 0) is 53.8 Å². The van der Waals surface area contributed by atoms with Crippen LogP contribution in [0.5, 0.6) is 0 Å². The van der Waals surface area contributed by atoms with Crippen LogP contribution in [0.1, 0.15) is 29.5 Å². The fraction of sp³-hybridized carbons (Fsp3) is 0.231. The summed E-state index contributed by atoms with van der Waals surface area (Å²) >= 11 is 0. The van der Waals surface area contributed by atoms with Gasteiger partial charge in [0.05, 0.1) is 17.5 Å². The first kappa shape index (κ1) is 21.7. The summed E-state index contributed by atoms with van der Waals surface area (Å²) in [6, 6.07) is 17.6. The molecule has 4 rings (SSSR count). The Balaban J connectivity index is 1.52. The van der Waals surface area contributed by atoms with Crippen LogP contribution in [0.25, 0.3) is 17.2 Å². The molecule has 0 unspecified atom stereocenters. The van der Waals surface area contributed by atoms with Crippen molar-refractivity contribution in [1.29, 1.82) is 5.41 Å². The van der Waals surface area contributed by atoms with Gasteiger partial charge in [-0.1, -0.05) is 36.4 Å². The number of piperidine rings is 1. The van der Waals surface area contributed by atoms with E-state index >= 15 is 0 Å². The average molecular weight is 428 g/mol.